The summed E-state index contributed by atoms with van der Waals surface area (Å²) in [6.07, 6.45) is 16.0. The molecule has 1 aromatic rings. The zero-order chi connectivity index (χ0) is 14.7. The van der Waals surface area contributed by atoms with Crippen LogP contribution in [0.1, 0.15) is 18.9 Å². The highest BCUT2D eigenvalue weighted by Crippen LogP contribution is 2.27. The number of hydrogen-bond acceptors (Lipinski definition) is 1. The van der Waals surface area contributed by atoms with Crippen molar-refractivity contribution in [1.29, 1.82) is 0 Å². The van der Waals surface area contributed by atoms with E-state index >= 15 is 0 Å². The van der Waals surface area contributed by atoms with Gasteiger partial charge in [0.25, 0.3) is 0 Å². The van der Waals surface area contributed by atoms with Crippen LogP contribution in [-0.4, -0.2) is 4.90 Å². The van der Waals surface area contributed by atoms with E-state index in [0.717, 1.165) is 12.1 Å². The van der Waals surface area contributed by atoms with Crippen LogP contribution in [0.5, 0.6) is 0 Å². The number of allylic oxidation sites excluding steroid dienone is 8. The molecule has 21 heavy (non-hydrogen) atoms. The second kappa shape index (κ2) is 5.84. The van der Waals surface area contributed by atoms with Crippen molar-refractivity contribution in [1.82, 2.24) is 4.90 Å². The van der Waals surface area contributed by atoms with Gasteiger partial charge in [0, 0.05) is 18.1 Å². The topological polar surface area (TPSA) is 3.24 Å². The Bertz CT molecular complexity index is 697. The van der Waals surface area contributed by atoms with Crippen molar-refractivity contribution < 1.29 is 0 Å². The van der Waals surface area contributed by atoms with Crippen molar-refractivity contribution in [3.05, 3.63) is 102 Å². The van der Waals surface area contributed by atoms with Crippen LogP contribution >= 0.6 is 0 Å². The molecule has 0 radical (unpaired) electrons. The van der Waals surface area contributed by atoms with Gasteiger partial charge in [-0.25, -0.2) is 0 Å². The van der Waals surface area contributed by atoms with Gasteiger partial charge in [-0.15, -0.1) is 0 Å². The summed E-state index contributed by atoms with van der Waals surface area (Å²) < 4.78 is 0. The van der Waals surface area contributed by atoms with Crippen LogP contribution in [0.25, 0.3) is 5.57 Å². The summed E-state index contributed by atoms with van der Waals surface area (Å²) in [5.41, 5.74) is 6.06. The quantitative estimate of drug-likeness (QED) is 0.731. The average molecular weight is 273 g/mol. The van der Waals surface area contributed by atoms with Gasteiger partial charge in [0.1, 0.15) is 0 Å². The Balaban J connectivity index is 1.78. The summed E-state index contributed by atoms with van der Waals surface area (Å²) in [5, 5.41) is 0. The largest absolute Gasteiger partial charge is 0.324 e. The summed E-state index contributed by atoms with van der Waals surface area (Å²) >= 11 is 0. The number of rotatable bonds is 3. The van der Waals surface area contributed by atoms with E-state index in [0.29, 0.717) is 0 Å². The van der Waals surface area contributed by atoms with E-state index in [1.807, 2.05) is 6.07 Å². The highest BCUT2D eigenvalue weighted by molar-refractivity contribution is 5.64. The first-order chi connectivity index (χ1) is 10.2. The monoisotopic (exact) mass is 273 g/mol. The van der Waals surface area contributed by atoms with Crippen LogP contribution in [0, 0.1) is 0 Å². The Kier molecular flexibility index (Phi) is 3.74. The van der Waals surface area contributed by atoms with E-state index in [-0.39, 0.29) is 0 Å². The van der Waals surface area contributed by atoms with Crippen molar-refractivity contribution in [2.45, 2.75) is 13.3 Å². The Labute approximate surface area is 126 Å². The molecule has 0 saturated heterocycles. The second-order valence-corrected chi connectivity index (χ2v) is 5.32. The maximum absolute atomic E-state index is 4.17. The first-order valence-corrected chi connectivity index (χ1v) is 7.21. The zero-order valence-corrected chi connectivity index (χ0v) is 12.3. The third kappa shape index (κ3) is 2.97. The first kappa shape index (κ1) is 13.4. The van der Waals surface area contributed by atoms with E-state index < -0.39 is 0 Å². The van der Waals surface area contributed by atoms with Gasteiger partial charge in [-0.1, -0.05) is 55.1 Å². The predicted molar refractivity (Wildman–Crippen MR) is 90.1 cm³/mol. The van der Waals surface area contributed by atoms with Gasteiger partial charge in [-0.3, -0.25) is 0 Å². The lowest BCUT2D eigenvalue weighted by Gasteiger charge is -2.22. The Morgan fingerprint density at radius 3 is 2.71 bits per heavy atom. The van der Waals surface area contributed by atoms with Gasteiger partial charge in [0.2, 0.25) is 0 Å². The minimum atomic E-state index is 0.996. The molecule has 0 amide bonds. The van der Waals surface area contributed by atoms with Gasteiger partial charge in [-0.05, 0) is 47.8 Å². The third-order valence-electron chi connectivity index (χ3n) is 3.77. The van der Waals surface area contributed by atoms with Crippen LogP contribution in [0.3, 0.4) is 0 Å². The van der Waals surface area contributed by atoms with Crippen molar-refractivity contribution in [3.8, 4) is 0 Å². The minimum absolute atomic E-state index is 0.996. The Morgan fingerprint density at radius 2 is 2.05 bits per heavy atom. The van der Waals surface area contributed by atoms with Crippen molar-refractivity contribution >= 4 is 5.57 Å². The molecule has 104 valence electrons. The normalized spacial score (nSPS) is 18.0. The van der Waals surface area contributed by atoms with E-state index in [9.17, 15) is 0 Å². The van der Waals surface area contributed by atoms with Gasteiger partial charge >= 0.3 is 0 Å². The molecule has 0 atom stereocenters. The fraction of sp³-hybridized carbons (Fsp3) is 0.100. The molecule has 1 heterocycles. The summed E-state index contributed by atoms with van der Waals surface area (Å²) in [6, 6.07) is 10.4. The molecule has 1 aliphatic heterocycles. The van der Waals surface area contributed by atoms with E-state index in [2.05, 4.69) is 85.4 Å². The van der Waals surface area contributed by atoms with Crippen molar-refractivity contribution in [2.75, 3.05) is 0 Å². The molecule has 2 aliphatic rings. The van der Waals surface area contributed by atoms with Crippen LogP contribution in [0.15, 0.2) is 96.5 Å². The fourth-order valence-corrected chi connectivity index (χ4v) is 2.53. The summed E-state index contributed by atoms with van der Waals surface area (Å²) in [5.74, 6) is 0. The summed E-state index contributed by atoms with van der Waals surface area (Å²) in [4.78, 5) is 2.08. The molecule has 1 nitrogen and oxygen atoms in total. The maximum Gasteiger partial charge on any atom is 0.0383 e. The van der Waals surface area contributed by atoms with Crippen LogP contribution in [0.4, 0.5) is 0 Å². The highest BCUT2D eigenvalue weighted by Gasteiger charge is 2.11. The molecule has 0 bridgehead atoms. The van der Waals surface area contributed by atoms with Gasteiger partial charge < -0.3 is 4.90 Å². The molecule has 0 unspecified atom stereocenters. The van der Waals surface area contributed by atoms with Gasteiger partial charge in [0.15, 0.2) is 0 Å². The van der Waals surface area contributed by atoms with E-state index in [1.54, 1.807) is 0 Å². The summed E-state index contributed by atoms with van der Waals surface area (Å²) in [6.45, 7) is 6.29. The molecular formula is C20H19N. The van der Waals surface area contributed by atoms with Crippen molar-refractivity contribution in [2.24, 2.45) is 0 Å². The fourth-order valence-electron chi connectivity index (χ4n) is 2.53. The van der Waals surface area contributed by atoms with Crippen molar-refractivity contribution in [3.63, 3.8) is 0 Å². The smallest absolute Gasteiger partial charge is 0.0383 e. The third-order valence-corrected chi connectivity index (χ3v) is 3.77. The molecule has 0 fully saturated rings. The van der Waals surface area contributed by atoms with Crippen LogP contribution in [-0.2, 0) is 0 Å². The first-order valence-electron chi connectivity index (χ1n) is 7.21. The van der Waals surface area contributed by atoms with Crippen LogP contribution < -0.4 is 0 Å². The van der Waals surface area contributed by atoms with Gasteiger partial charge in [-0.2, -0.15) is 0 Å². The number of nitrogens with zero attached hydrogens (tertiary/aromatic N) is 1. The molecule has 0 saturated carbocycles. The van der Waals surface area contributed by atoms with Crippen LogP contribution in [0.2, 0.25) is 0 Å². The predicted octanol–water partition coefficient (Wildman–Crippen LogP) is 5.20. The highest BCUT2D eigenvalue weighted by atomic mass is 15.1. The minimum Gasteiger partial charge on any atom is -0.324 e. The molecule has 0 spiro atoms. The van der Waals surface area contributed by atoms with Gasteiger partial charge in [0.05, 0.1) is 0 Å². The average Bonchev–Trinajstić information content (AvgIpc) is 3.04. The Morgan fingerprint density at radius 1 is 1.24 bits per heavy atom. The molecule has 1 heteroatoms. The van der Waals surface area contributed by atoms with E-state index in [4.69, 9.17) is 0 Å². The standard InChI is InChI=1S/C20H19N/c1-16(18-8-4-3-5-9-18)15-21-13-12-20(14-17(21)2)19-10-6-7-11-19/h3-10,12-15H,2,11H2,1H3/b16-15+. The van der Waals surface area contributed by atoms with E-state index in [1.165, 1.54) is 22.3 Å². The second-order valence-electron chi connectivity index (χ2n) is 5.32. The maximum atomic E-state index is 4.17. The number of hydrogen-bond donors (Lipinski definition) is 0. The number of benzene rings is 1. The SMILES string of the molecule is C=C1C=C(C2=CC=CC2)C=CN1/C=C(\C)c1ccccc1. The molecule has 1 aromatic carbocycles. The lowest BCUT2D eigenvalue weighted by atomic mass is 10.0. The lowest BCUT2D eigenvalue weighted by molar-refractivity contribution is 0.647. The lowest BCUT2D eigenvalue weighted by Crippen LogP contribution is -2.11. The summed E-state index contributed by atoms with van der Waals surface area (Å²) in [7, 11) is 0. The zero-order valence-electron chi connectivity index (χ0n) is 12.3. The molecule has 3 rings (SSSR count). The Hall–Kier alpha value is -2.54. The molecule has 1 aliphatic carbocycles. The molecule has 0 N–H and O–H groups in total. The molecular weight excluding hydrogens is 254 g/mol. The molecule has 0 aromatic heterocycles.